The van der Waals surface area contributed by atoms with Crippen LogP contribution in [0.5, 0.6) is 0 Å². The summed E-state index contributed by atoms with van der Waals surface area (Å²) in [7, 11) is 2.02. The molecule has 0 amide bonds. The van der Waals surface area contributed by atoms with Crippen LogP contribution in [0.4, 0.5) is 0 Å². The zero-order valence-electron chi connectivity index (χ0n) is 8.68. The minimum atomic E-state index is 0.00407. The summed E-state index contributed by atoms with van der Waals surface area (Å²) in [6.45, 7) is 6.37. The smallest absolute Gasteiger partial charge is 0.0735 e. The lowest BCUT2D eigenvalue weighted by Crippen LogP contribution is -2.39. The van der Waals surface area contributed by atoms with E-state index in [-0.39, 0.29) is 5.60 Å². The van der Waals surface area contributed by atoms with Crippen molar-refractivity contribution in [3.05, 3.63) is 0 Å². The third-order valence-electron chi connectivity index (χ3n) is 2.33. The largest absolute Gasteiger partial charge is 0.371 e. The molecule has 1 aliphatic carbocycles. The second-order valence-electron chi connectivity index (χ2n) is 4.59. The first-order valence-corrected chi connectivity index (χ1v) is 4.88. The highest BCUT2D eigenvalue weighted by Crippen LogP contribution is 2.25. The average Bonchev–Trinajstić information content (AvgIpc) is 2.31. The maximum atomic E-state index is 5.94. The van der Waals surface area contributed by atoms with Gasteiger partial charge in [0.2, 0.25) is 0 Å². The van der Waals surface area contributed by atoms with E-state index in [4.69, 9.17) is 4.74 Å². The first kappa shape index (κ1) is 10.0. The molecule has 2 nitrogen and oxygen atoms in total. The Balaban J connectivity index is 2.41. The topological polar surface area (TPSA) is 21.3 Å². The second kappa shape index (κ2) is 3.75. The molecule has 1 rings (SSSR count). The zero-order chi connectivity index (χ0) is 9.19. The lowest BCUT2D eigenvalue weighted by Gasteiger charge is -2.28. The van der Waals surface area contributed by atoms with Gasteiger partial charge in [-0.05, 0) is 47.1 Å². The number of likely N-dealkylation sites (N-methyl/N-ethyl adjacent to an activating group) is 1. The van der Waals surface area contributed by atoms with Crippen molar-refractivity contribution >= 4 is 0 Å². The molecule has 12 heavy (non-hydrogen) atoms. The van der Waals surface area contributed by atoms with Crippen LogP contribution in [0.1, 0.15) is 40.0 Å². The Kier molecular flexibility index (Phi) is 3.13. The van der Waals surface area contributed by atoms with Gasteiger partial charge >= 0.3 is 0 Å². The van der Waals surface area contributed by atoms with Gasteiger partial charge in [0.15, 0.2) is 0 Å². The first-order chi connectivity index (χ1) is 5.53. The Morgan fingerprint density at radius 1 is 1.25 bits per heavy atom. The highest BCUT2D eigenvalue weighted by atomic mass is 16.5. The summed E-state index contributed by atoms with van der Waals surface area (Å²) >= 11 is 0. The van der Waals surface area contributed by atoms with E-state index in [1.807, 2.05) is 7.05 Å². The number of ether oxygens (including phenoxy) is 1. The van der Waals surface area contributed by atoms with Gasteiger partial charge in [-0.3, -0.25) is 0 Å². The van der Waals surface area contributed by atoms with Gasteiger partial charge in [-0.1, -0.05) is 0 Å². The predicted octanol–water partition coefficient (Wildman–Crippen LogP) is 1.94. The van der Waals surface area contributed by atoms with Crippen LogP contribution in [0.15, 0.2) is 0 Å². The van der Waals surface area contributed by atoms with Crippen LogP contribution in [-0.2, 0) is 4.74 Å². The Bertz CT molecular complexity index is 139. The van der Waals surface area contributed by atoms with Crippen molar-refractivity contribution in [1.82, 2.24) is 5.32 Å². The van der Waals surface area contributed by atoms with Gasteiger partial charge in [0.1, 0.15) is 0 Å². The molecule has 0 aromatic rings. The maximum absolute atomic E-state index is 5.94. The van der Waals surface area contributed by atoms with Gasteiger partial charge < -0.3 is 10.1 Å². The second-order valence-corrected chi connectivity index (χ2v) is 4.59. The Hall–Kier alpha value is -0.0800. The van der Waals surface area contributed by atoms with Crippen LogP contribution >= 0.6 is 0 Å². The highest BCUT2D eigenvalue weighted by molar-refractivity contribution is 4.84. The quantitative estimate of drug-likeness (QED) is 0.685. The summed E-state index contributed by atoms with van der Waals surface area (Å²) in [6.07, 6.45) is 4.20. The van der Waals surface area contributed by atoms with E-state index < -0.39 is 0 Å². The minimum absolute atomic E-state index is 0.00407. The molecule has 0 aromatic carbocycles. The van der Waals surface area contributed by atoms with Crippen LogP contribution in [0.2, 0.25) is 0 Å². The molecule has 0 heterocycles. The molecule has 0 spiro atoms. The Morgan fingerprint density at radius 3 is 2.42 bits per heavy atom. The standard InChI is InChI=1S/C10H21NO/c1-10(2,3)12-9-7-5-6-8(9)11-4/h8-9,11H,5-7H2,1-4H3. The SMILES string of the molecule is CNC1CCCC1OC(C)(C)C. The van der Waals surface area contributed by atoms with Crippen molar-refractivity contribution in [2.45, 2.75) is 57.8 Å². The fraction of sp³-hybridized carbons (Fsp3) is 1.00. The summed E-state index contributed by atoms with van der Waals surface area (Å²) in [5, 5.41) is 3.31. The van der Waals surface area contributed by atoms with Crippen LogP contribution in [-0.4, -0.2) is 24.8 Å². The third kappa shape index (κ3) is 2.76. The Labute approximate surface area is 75.7 Å². The summed E-state index contributed by atoms with van der Waals surface area (Å²) in [6, 6.07) is 0.573. The molecule has 1 fully saturated rings. The fourth-order valence-corrected chi connectivity index (χ4v) is 1.85. The lowest BCUT2D eigenvalue weighted by atomic mass is 10.1. The summed E-state index contributed by atoms with van der Waals surface area (Å²) in [5.74, 6) is 0. The normalized spacial score (nSPS) is 31.0. The molecule has 2 unspecified atom stereocenters. The maximum Gasteiger partial charge on any atom is 0.0735 e. The van der Waals surface area contributed by atoms with E-state index in [0.29, 0.717) is 12.1 Å². The van der Waals surface area contributed by atoms with E-state index in [1.54, 1.807) is 0 Å². The zero-order valence-corrected chi connectivity index (χ0v) is 8.68. The predicted molar refractivity (Wildman–Crippen MR) is 51.3 cm³/mol. The van der Waals surface area contributed by atoms with E-state index >= 15 is 0 Å². The minimum Gasteiger partial charge on any atom is -0.371 e. The Morgan fingerprint density at radius 2 is 1.92 bits per heavy atom. The van der Waals surface area contributed by atoms with Crippen molar-refractivity contribution < 1.29 is 4.74 Å². The lowest BCUT2D eigenvalue weighted by molar-refractivity contribution is -0.0656. The average molecular weight is 171 g/mol. The number of nitrogens with one attached hydrogen (secondary N) is 1. The molecule has 0 saturated heterocycles. The molecule has 0 bridgehead atoms. The van der Waals surface area contributed by atoms with Crippen LogP contribution in [0.3, 0.4) is 0 Å². The van der Waals surface area contributed by atoms with E-state index in [0.717, 1.165) is 0 Å². The number of hydrogen-bond donors (Lipinski definition) is 1. The van der Waals surface area contributed by atoms with Crippen molar-refractivity contribution in [3.63, 3.8) is 0 Å². The van der Waals surface area contributed by atoms with E-state index in [9.17, 15) is 0 Å². The molecular weight excluding hydrogens is 150 g/mol. The summed E-state index contributed by atoms with van der Waals surface area (Å²) in [5.41, 5.74) is 0.00407. The molecular formula is C10H21NO. The highest BCUT2D eigenvalue weighted by Gasteiger charge is 2.29. The molecule has 2 heteroatoms. The monoisotopic (exact) mass is 171 g/mol. The third-order valence-corrected chi connectivity index (χ3v) is 2.33. The molecule has 0 aromatic heterocycles. The van der Waals surface area contributed by atoms with Gasteiger partial charge in [0.25, 0.3) is 0 Å². The molecule has 1 N–H and O–H groups in total. The molecule has 0 aliphatic heterocycles. The molecule has 0 radical (unpaired) electrons. The van der Waals surface area contributed by atoms with Crippen molar-refractivity contribution in [2.75, 3.05) is 7.05 Å². The van der Waals surface area contributed by atoms with Crippen molar-refractivity contribution in [3.8, 4) is 0 Å². The van der Waals surface area contributed by atoms with Crippen LogP contribution in [0, 0.1) is 0 Å². The van der Waals surface area contributed by atoms with Crippen molar-refractivity contribution in [2.24, 2.45) is 0 Å². The summed E-state index contributed by atoms with van der Waals surface area (Å²) in [4.78, 5) is 0. The van der Waals surface area contributed by atoms with Crippen molar-refractivity contribution in [1.29, 1.82) is 0 Å². The van der Waals surface area contributed by atoms with E-state index in [2.05, 4.69) is 26.1 Å². The van der Waals surface area contributed by atoms with Gasteiger partial charge in [0, 0.05) is 6.04 Å². The van der Waals surface area contributed by atoms with Gasteiger partial charge in [0.05, 0.1) is 11.7 Å². The first-order valence-electron chi connectivity index (χ1n) is 4.88. The molecule has 1 aliphatic rings. The number of rotatable bonds is 2. The van der Waals surface area contributed by atoms with Crippen LogP contribution in [0.25, 0.3) is 0 Å². The van der Waals surface area contributed by atoms with Crippen LogP contribution < -0.4 is 5.32 Å². The number of hydrogen-bond acceptors (Lipinski definition) is 2. The molecule has 72 valence electrons. The van der Waals surface area contributed by atoms with Gasteiger partial charge in [-0.15, -0.1) is 0 Å². The molecule has 1 saturated carbocycles. The fourth-order valence-electron chi connectivity index (χ4n) is 1.85. The molecule has 2 atom stereocenters. The van der Waals surface area contributed by atoms with Gasteiger partial charge in [-0.2, -0.15) is 0 Å². The van der Waals surface area contributed by atoms with E-state index in [1.165, 1.54) is 19.3 Å². The summed E-state index contributed by atoms with van der Waals surface area (Å²) < 4.78 is 5.94. The van der Waals surface area contributed by atoms with Gasteiger partial charge in [-0.25, -0.2) is 0 Å².